The van der Waals surface area contributed by atoms with Crippen molar-refractivity contribution >= 4 is 0 Å². The number of aliphatic hydroxyl groups excluding tert-OH is 1. The van der Waals surface area contributed by atoms with Gasteiger partial charge in [0.15, 0.2) is 0 Å². The van der Waals surface area contributed by atoms with E-state index in [0.717, 1.165) is 12.3 Å². The highest BCUT2D eigenvalue weighted by Gasteiger charge is 2.42. The molecule has 1 fully saturated rings. The van der Waals surface area contributed by atoms with Crippen LogP contribution in [0.1, 0.15) is 52.4 Å². The molecule has 0 radical (unpaired) electrons. The maximum atomic E-state index is 9.41. The van der Waals surface area contributed by atoms with Crippen molar-refractivity contribution in [3.05, 3.63) is 0 Å². The van der Waals surface area contributed by atoms with Crippen LogP contribution in [-0.4, -0.2) is 11.7 Å². The Morgan fingerprint density at radius 2 is 2.00 bits per heavy atom. The molecule has 12 heavy (non-hydrogen) atoms. The van der Waals surface area contributed by atoms with Gasteiger partial charge in [-0.2, -0.15) is 0 Å². The van der Waals surface area contributed by atoms with Crippen molar-refractivity contribution in [1.29, 1.82) is 0 Å². The molecule has 1 nitrogen and oxygen atoms in total. The van der Waals surface area contributed by atoms with E-state index in [9.17, 15) is 5.11 Å². The van der Waals surface area contributed by atoms with Crippen molar-refractivity contribution in [3.8, 4) is 0 Å². The molecule has 0 bridgehead atoms. The summed E-state index contributed by atoms with van der Waals surface area (Å²) >= 11 is 0. The zero-order chi connectivity index (χ0) is 9.03. The first-order valence-electron chi connectivity index (χ1n) is 5.40. The summed E-state index contributed by atoms with van der Waals surface area (Å²) in [6.45, 7) is 4.86. The minimum absolute atomic E-state index is 0.302. The summed E-state index contributed by atoms with van der Waals surface area (Å²) in [5.74, 6) is 0.846. The molecule has 0 spiro atoms. The fourth-order valence-corrected chi connectivity index (χ4v) is 2.21. The maximum Gasteiger partial charge on any atom is 0.0489 e. The van der Waals surface area contributed by atoms with Gasteiger partial charge in [-0.3, -0.25) is 0 Å². The highest BCUT2D eigenvalue weighted by atomic mass is 16.3. The number of hydrogen-bond acceptors (Lipinski definition) is 1. The van der Waals surface area contributed by atoms with Crippen LogP contribution in [0.3, 0.4) is 0 Å². The van der Waals surface area contributed by atoms with Crippen molar-refractivity contribution in [2.24, 2.45) is 11.3 Å². The van der Waals surface area contributed by atoms with E-state index in [0.29, 0.717) is 12.0 Å². The highest BCUT2D eigenvalue weighted by molar-refractivity contribution is 4.92. The van der Waals surface area contributed by atoms with Crippen molar-refractivity contribution in [3.63, 3.8) is 0 Å². The molecule has 0 aromatic heterocycles. The van der Waals surface area contributed by atoms with Crippen LogP contribution in [0.25, 0.3) is 0 Å². The molecule has 72 valence electrons. The highest BCUT2D eigenvalue weighted by Crippen LogP contribution is 2.50. The lowest BCUT2D eigenvalue weighted by molar-refractivity contribution is 0.0843. The molecule has 1 saturated carbocycles. The minimum Gasteiger partial charge on any atom is -0.396 e. The molecule has 1 heteroatoms. The Morgan fingerprint density at radius 3 is 2.33 bits per heavy atom. The molecule has 0 heterocycles. The van der Waals surface area contributed by atoms with Gasteiger partial charge in [-0.25, -0.2) is 0 Å². The van der Waals surface area contributed by atoms with Crippen LogP contribution in [0.5, 0.6) is 0 Å². The summed E-state index contributed by atoms with van der Waals surface area (Å²) in [5, 5.41) is 9.41. The summed E-state index contributed by atoms with van der Waals surface area (Å²) in [5.41, 5.74) is 0.302. The second-order valence-corrected chi connectivity index (χ2v) is 4.25. The third-order valence-corrected chi connectivity index (χ3v) is 3.49. The van der Waals surface area contributed by atoms with Crippen LogP contribution in [0.4, 0.5) is 0 Å². The molecule has 0 amide bonds. The lowest BCUT2D eigenvalue weighted by Crippen LogP contribution is -2.27. The fourth-order valence-electron chi connectivity index (χ4n) is 2.21. The molecule has 0 aromatic rings. The van der Waals surface area contributed by atoms with Crippen molar-refractivity contribution in [2.45, 2.75) is 52.4 Å². The molecule has 1 N–H and O–H groups in total. The minimum atomic E-state index is 0.302. The second-order valence-electron chi connectivity index (χ2n) is 4.25. The average molecular weight is 170 g/mol. The van der Waals surface area contributed by atoms with Gasteiger partial charge in [0.05, 0.1) is 0 Å². The SMILES string of the molecule is CCCCC(CC)(CO)C1CC1. The van der Waals surface area contributed by atoms with Gasteiger partial charge < -0.3 is 5.11 Å². The summed E-state index contributed by atoms with van der Waals surface area (Å²) < 4.78 is 0. The molecule has 0 aromatic carbocycles. The van der Waals surface area contributed by atoms with Gasteiger partial charge in [0.2, 0.25) is 0 Å². The summed E-state index contributed by atoms with van der Waals surface area (Å²) in [6.07, 6.45) is 7.66. The Kier molecular flexibility index (Phi) is 3.57. The lowest BCUT2D eigenvalue weighted by Gasteiger charge is -2.30. The van der Waals surface area contributed by atoms with E-state index in [1.807, 2.05) is 0 Å². The van der Waals surface area contributed by atoms with E-state index in [1.165, 1.54) is 32.1 Å². The zero-order valence-corrected chi connectivity index (χ0v) is 8.47. The van der Waals surface area contributed by atoms with E-state index in [1.54, 1.807) is 0 Å². The van der Waals surface area contributed by atoms with Crippen molar-refractivity contribution in [1.82, 2.24) is 0 Å². The van der Waals surface area contributed by atoms with E-state index in [2.05, 4.69) is 13.8 Å². The number of hydrogen-bond donors (Lipinski definition) is 1. The van der Waals surface area contributed by atoms with Crippen LogP contribution >= 0.6 is 0 Å². The zero-order valence-electron chi connectivity index (χ0n) is 8.47. The lowest BCUT2D eigenvalue weighted by atomic mass is 9.76. The molecule has 1 aliphatic rings. The fraction of sp³-hybridized carbons (Fsp3) is 1.00. The molecular weight excluding hydrogens is 148 g/mol. The van der Waals surface area contributed by atoms with E-state index >= 15 is 0 Å². The van der Waals surface area contributed by atoms with Gasteiger partial charge in [-0.15, -0.1) is 0 Å². The van der Waals surface area contributed by atoms with Crippen molar-refractivity contribution in [2.75, 3.05) is 6.61 Å². The molecule has 0 saturated heterocycles. The Labute approximate surface area is 76.2 Å². The number of rotatable bonds is 6. The maximum absolute atomic E-state index is 9.41. The van der Waals surface area contributed by atoms with Gasteiger partial charge in [0.25, 0.3) is 0 Å². The monoisotopic (exact) mass is 170 g/mol. The molecule has 1 rings (SSSR count). The summed E-state index contributed by atoms with van der Waals surface area (Å²) in [6, 6.07) is 0. The third-order valence-electron chi connectivity index (χ3n) is 3.49. The number of unbranched alkanes of at least 4 members (excludes halogenated alkanes) is 1. The Balaban J connectivity index is 2.43. The van der Waals surface area contributed by atoms with Crippen LogP contribution in [0.2, 0.25) is 0 Å². The van der Waals surface area contributed by atoms with Gasteiger partial charge >= 0.3 is 0 Å². The largest absolute Gasteiger partial charge is 0.396 e. The Hall–Kier alpha value is -0.0400. The van der Waals surface area contributed by atoms with Gasteiger partial charge in [-0.1, -0.05) is 26.7 Å². The van der Waals surface area contributed by atoms with Crippen LogP contribution < -0.4 is 0 Å². The molecule has 1 unspecified atom stereocenters. The predicted molar refractivity (Wildman–Crippen MR) is 52.1 cm³/mol. The van der Waals surface area contributed by atoms with Gasteiger partial charge in [0.1, 0.15) is 0 Å². The van der Waals surface area contributed by atoms with Gasteiger partial charge in [-0.05, 0) is 37.0 Å². The summed E-state index contributed by atoms with van der Waals surface area (Å²) in [4.78, 5) is 0. The summed E-state index contributed by atoms with van der Waals surface area (Å²) in [7, 11) is 0. The second kappa shape index (κ2) is 4.27. The molecule has 0 aliphatic heterocycles. The quantitative estimate of drug-likeness (QED) is 0.649. The van der Waals surface area contributed by atoms with Crippen LogP contribution in [0, 0.1) is 11.3 Å². The van der Waals surface area contributed by atoms with Crippen LogP contribution in [0.15, 0.2) is 0 Å². The number of aliphatic hydroxyl groups is 1. The molecular formula is C11H22O. The van der Waals surface area contributed by atoms with E-state index in [-0.39, 0.29) is 0 Å². The standard InChI is InChI=1S/C11H22O/c1-3-5-8-11(4-2,9-12)10-6-7-10/h10,12H,3-9H2,1-2H3. The first-order valence-corrected chi connectivity index (χ1v) is 5.40. The average Bonchev–Trinajstić information content (AvgIpc) is 2.91. The first-order chi connectivity index (χ1) is 5.79. The van der Waals surface area contributed by atoms with E-state index in [4.69, 9.17) is 0 Å². The Bertz CT molecular complexity index is 123. The smallest absolute Gasteiger partial charge is 0.0489 e. The molecule has 1 atom stereocenters. The third kappa shape index (κ3) is 2.01. The topological polar surface area (TPSA) is 20.2 Å². The first kappa shape index (κ1) is 10.0. The van der Waals surface area contributed by atoms with E-state index < -0.39 is 0 Å². The predicted octanol–water partition coefficient (Wildman–Crippen LogP) is 2.98. The van der Waals surface area contributed by atoms with Crippen LogP contribution in [-0.2, 0) is 0 Å². The Morgan fingerprint density at radius 1 is 1.33 bits per heavy atom. The van der Waals surface area contributed by atoms with Gasteiger partial charge in [0, 0.05) is 6.61 Å². The molecule has 1 aliphatic carbocycles. The van der Waals surface area contributed by atoms with Crippen molar-refractivity contribution < 1.29 is 5.11 Å². The normalized spacial score (nSPS) is 22.2.